The molecule has 0 spiro atoms. The van der Waals surface area contributed by atoms with Crippen LogP contribution in [0.5, 0.6) is 0 Å². The summed E-state index contributed by atoms with van der Waals surface area (Å²) in [4.78, 5) is 6.85. The van der Waals surface area contributed by atoms with Crippen LogP contribution in [0.3, 0.4) is 0 Å². The van der Waals surface area contributed by atoms with E-state index >= 15 is 0 Å². The van der Waals surface area contributed by atoms with Crippen molar-refractivity contribution in [3.63, 3.8) is 0 Å². The Bertz CT molecular complexity index is 337. The molecule has 88 valence electrons. The van der Waals surface area contributed by atoms with Crippen LogP contribution in [-0.4, -0.2) is 29.1 Å². The summed E-state index contributed by atoms with van der Waals surface area (Å²) in [6.45, 7) is 6.44. The Morgan fingerprint density at radius 3 is 2.94 bits per heavy atom. The first-order valence-corrected chi connectivity index (χ1v) is 6.80. The van der Waals surface area contributed by atoms with E-state index in [1.807, 2.05) is 24.9 Å². The lowest BCUT2D eigenvalue weighted by Gasteiger charge is -2.31. The first-order valence-electron chi connectivity index (χ1n) is 5.75. The zero-order chi connectivity index (χ0) is 11.5. The Morgan fingerprint density at radius 1 is 1.56 bits per heavy atom. The van der Waals surface area contributed by atoms with E-state index in [2.05, 4.69) is 28.9 Å². The quantitative estimate of drug-likeness (QED) is 0.855. The predicted octanol–water partition coefficient (Wildman–Crippen LogP) is 2.04. The number of pyridine rings is 1. The highest BCUT2D eigenvalue weighted by Crippen LogP contribution is 2.22. The lowest BCUT2D eigenvalue weighted by Crippen LogP contribution is -2.37. The second-order valence-electron chi connectivity index (χ2n) is 4.37. The molecule has 1 aromatic rings. The number of nitrogens with zero attached hydrogens (tertiary/aromatic N) is 2. The second kappa shape index (κ2) is 5.06. The van der Waals surface area contributed by atoms with Gasteiger partial charge in [0.25, 0.3) is 0 Å². The maximum absolute atomic E-state index is 5.81. The van der Waals surface area contributed by atoms with Crippen molar-refractivity contribution in [1.29, 1.82) is 0 Å². The van der Waals surface area contributed by atoms with Gasteiger partial charge < -0.3 is 10.6 Å². The number of anilines is 1. The third-order valence-corrected chi connectivity index (χ3v) is 4.00. The molecule has 0 amide bonds. The Balaban J connectivity index is 2.09. The zero-order valence-electron chi connectivity index (χ0n) is 9.89. The van der Waals surface area contributed by atoms with E-state index < -0.39 is 0 Å². The zero-order valence-corrected chi connectivity index (χ0v) is 10.7. The van der Waals surface area contributed by atoms with Crippen molar-refractivity contribution in [2.24, 2.45) is 5.73 Å². The topological polar surface area (TPSA) is 42.1 Å². The highest BCUT2D eigenvalue weighted by atomic mass is 32.2. The van der Waals surface area contributed by atoms with E-state index in [-0.39, 0.29) is 6.04 Å². The monoisotopic (exact) mass is 237 g/mol. The van der Waals surface area contributed by atoms with Crippen LogP contribution in [0.1, 0.15) is 25.5 Å². The van der Waals surface area contributed by atoms with Crippen LogP contribution in [0.25, 0.3) is 0 Å². The molecule has 2 atom stereocenters. The van der Waals surface area contributed by atoms with Crippen molar-refractivity contribution in [1.82, 2.24) is 4.98 Å². The van der Waals surface area contributed by atoms with Crippen molar-refractivity contribution >= 4 is 17.6 Å². The van der Waals surface area contributed by atoms with Crippen molar-refractivity contribution in [2.75, 3.05) is 23.7 Å². The van der Waals surface area contributed by atoms with Gasteiger partial charge in [0.15, 0.2) is 0 Å². The summed E-state index contributed by atoms with van der Waals surface area (Å²) in [5.74, 6) is 2.27. The highest BCUT2D eigenvalue weighted by Gasteiger charge is 2.17. The molecule has 0 radical (unpaired) electrons. The predicted molar refractivity (Wildman–Crippen MR) is 71.0 cm³/mol. The molecule has 0 aliphatic carbocycles. The van der Waals surface area contributed by atoms with Crippen LogP contribution in [0, 0.1) is 0 Å². The van der Waals surface area contributed by atoms with Gasteiger partial charge in [-0.1, -0.05) is 13.0 Å². The first kappa shape index (κ1) is 11.7. The molecule has 1 saturated heterocycles. The summed E-state index contributed by atoms with van der Waals surface area (Å²) in [5.41, 5.74) is 6.91. The molecule has 3 nitrogen and oxygen atoms in total. The number of nitrogens with two attached hydrogens (primary N) is 1. The third kappa shape index (κ3) is 2.68. The van der Waals surface area contributed by atoms with E-state index in [0.717, 1.165) is 24.5 Å². The molecule has 0 bridgehead atoms. The lowest BCUT2D eigenvalue weighted by molar-refractivity contribution is 0.763. The van der Waals surface area contributed by atoms with Gasteiger partial charge in [-0.15, -0.1) is 0 Å². The van der Waals surface area contributed by atoms with E-state index in [9.17, 15) is 0 Å². The standard InChI is InChI=1S/C12H19N3S/c1-9-8-15(5-6-16-9)12-4-3-11(7-14-12)10(2)13/h3-4,7,9-10H,5-6,8,13H2,1-2H3/t9?,10-/m1/s1. The number of rotatable bonds is 2. The molecule has 0 aromatic carbocycles. The first-order chi connectivity index (χ1) is 7.66. The average Bonchev–Trinajstić information content (AvgIpc) is 2.29. The Kier molecular flexibility index (Phi) is 3.71. The Labute approximate surface area is 101 Å². The maximum Gasteiger partial charge on any atom is 0.128 e. The molecule has 1 aliphatic heterocycles. The van der Waals surface area contributed by atoms with Gasteiger partial charge >= 0.3 is 0 Å². The van der Waals surface area contributed by atoms with Gasteiger partial charge in [-0.05, 0) is 18.6 Å². The van der Waals surface area contributed by atoms with Gasteiger partial charge in [-0.3, -0.25) is 0 Å². The molecular formula is C12H19N3S. The average molecular weight is 237 g/mol. The van der Waals surface area contributed by atoms with Gasteiger partial charge in [0.2, 0.25) is 0 Å². The molecule has 2 N–H and O–H groups in total. The minimum atomic E-state index is 0.0670. The van der Waals surface area contributed by atoms with Gasteiger partial charge in [0.05, 0.1) is 0 Å². The lowest BCUT2D eigenvalue weighted by atomic mass is 10.1. The van der Waals surface area contributed by atoms with E-state index in [4.69, 9.17) is 5.73 Å². The Morgan fingerprint density at radius 2 is 2.38 bits per heavy atom. The van der Waals surface area contributed by atoms with Gasteiger partial charge in [0.1, 0.15) is 5.82 Å². The number of aromatic nitrogens is 1. The molecule has 1 aliphatic rings. The van der Waals surface area contributed by atoms with E-state index in [1.54, 1.807) is 0 Å². The molecule has 0 saturated carbocycles. The van der Waals surface area contributed by atoms with Crippen LogP contribution >= 0.6 is 11.8 Å². The van der Waals surface area contributed by atoms with Crippen LogP contribution in [0.2, 0.25) is 0 Å². The van der Waals surface area contributed by atoms with E-state index in [0.29, 0.717) is 5.25 Å². The van der Waals surface area contributed by atoms with Crippen LogP contribution in [0.15, 0.2) is 18.3 Å². The van der Waals surface area contributed by atoms with Gasteiger partial charge in [-0.2, -0.15) is 11.8 Å². The van der Waals surface area contributed by atoms with Crippen LogP contribution in [-0.2, 0) is 0 Å². The molecular weight excluding hydrogens is 218 g/mol. The van der Waals surface area contributed by atoms with Crippen molar-refractivity contribution in [3.05, 3.63) is 23.9 Å². The summed E-state index contributed by atoms with van der Waals surface area (Å²) < 4.78 is 0. The number of thioether (sulfide) groups is 1. The second-order valence-corrected chi connectivity index (χ2v) is 5.91. The van der Waals surface area contributed by atoms with E-state index in [1.165, 1.54) is 5.75 Å². The summed E-state index contributed by atoms with van der Waals surface area (Å²) in [5, 5.41) is 0.698. The fourth-order valence-corrected chi connectivity index (χ4v) is 2.89. The van der Waals surface area contributed by atoms with Crippen LogP contribution in [0.4, 0.5) is 5.82 Å². The molecule has 16 heavy (non-hydrogen) atoms. The molecule has 1 unspecified atom stereocenters. The third-order valence-electron chi connectivity index (χ3n) is 2.86. The molecule has 4 heteroatoms. The van der Waals surface area contributed by atoms with Gasteiger partial charge in [-0.25, -0.2) is 4.98 Å². The summed E-state index contributed by atoms with van der Waals surface area (Å²) >= 11 is 2.04. The molecule has 1 fully saturated rings. The Hall–Kier alpha value is -0.740. The smallest absolute Gasteiger partial charge is 0.128 e. The fourth-order valence-electron chi connectivity index (χ4n) is 1.88. The molecule has 1 aromatic heterocycles. The van der Waals surface area contributed by atoms with Crippen LogP contribution < -0.4 is 10.6 Å². The SMILES string of the molecule is CC1CN(c2ccc([C@@H](C)N)cn2)CCS1. The van der Waals surface area contributed by atoms with Crippen molar-refractivity contribution < 1.29 is 0 Å². The summed E-state index contributed by atoms with van der Waals surface area (Å²) in [6.07, 6.45) is 1.90. The van der Waals surface area contributed by atoms with Gasteiger partial charge in [0, 0.05) is 36.3 Å². The largest absolute Gasteiger partial charge is 0.355 e. The van der Waals surface area contributed by atoms with Crippen molar-refractivity contribution in [2.45, 2.75) is 25.1 Å². The summed E-state index contributed by atoms with van der Waals surface area (Å²) in [6, 6.07) is 4.23. The maximum atomic E-state index is 5.81. The summed E-state index contributed by atoms with van der Waals surface area (Å²) in [7, 11) is 0. The molecule has 2 rings (SSSR count). The van der Waals surface area contributed by atoms with Crippen molar-refractivity contribution in [3.8, 4) is 0 Å². The normalized spacial score (nSPS) is 23.2. The number of hydrogen-bond donors (Lipinski definition) is 1. The number of hydrogen-bond acceptors (Lipinski definition) is 4. The highest BCUT2D eigenvalue weighted by molar-refractivity contribution is 8.00. The molecule has 2 heterocycles. The fraction of sp³-hybridized carbons (Fsp3) is 0.583. The minimum Gasteiger partial charge on any atom is -0.355 e. The minimum absolute atomic E-state index is 0.0670.